The van der Waals surface area contributed by atoms with Gasteiger partial charge in [-0.05, 0) is 44.9 Å². The number of rotatable bonds is 52. The molecule has 0 spiro atoms. The van der Waals surface area contributed by atoms with Crippen LogP contribution in [0.1, 0.15) is 296 Å². The number of allylic oxidation sites excluding steroid dienone is 4. The fraction of sp³-hybridized carbons (Fsp3) is 0.917. The maximum atomic E-state index is 13.1. The highest BCUT2D eigenvalue weighted by Crippen LogP contribution is 2.23. The zero-order valence-corrected chi connectivity index (χ0v) is 45.3. The van der Waals surface area contributed by atoms with Gasteiger partial charge < -0.3 is 40.3 Å². The highest BCUT2D eigenvalue weighted by atomic mass is 16.7. The van der Waals surface area contributed by atoms with Crippen LogP contribution in [0.5, 0.6) is 0 Å². The molecule has 6 N–H and O–H groups in total. The normalized spacial score (nSPS) is 19.6. The number of hydrogen-bond acceptors (Lipinski definition) is 8. The number of ether oxygens (including phenoxy) is 2. The van der Waals surface area contributed by atoms with E-state index in [1.165, 1.54) is 225 Å². The first-order valence-corrected chi connectivity index (χ1v) is 30.0. The predicted molar refractivity (Wildman–Crippen MR) is 290 cm³/mol. The van der Waals surface area contributed by atoms with Crippen molar-refractivity contribution < 1.29 is 39.8 Å². The van der Waals surface area contributed by atoms with Gasteiger partial charge in [-0.1, -0.05) is 269 Å². The van der Waals surface area contributed by atoms with Crippen molar-refractivity contribution in [3.8, 4) is 0 Å². The summed E-state index contributed by atoms with van der Waals surface area (Å²) >= 11 is 0. The maximum absolute atomic E-state index is 13.1. The molecule has 0 saturated carbocycles. The van der Waals surface area contributed by atoms with Crippen LogP contribution in [-0.2, 0) is 14.3 Å². The van der Waals surface area contributed by atoms with Crippen molar-refractivity contribution >= 4 is 5.91 Å². The molecule has 408 valence electrons. The van der Waals surface area contributed by atoms with Crippen LogP contribution in [0, 0.1) is 0 Å². The van der Waals surface area contributed by atoms with Gasteiger partial charge in [0.05, 0.1) is 25.4 Å². The van der Waals surface area contributed by atoms with E-state index >= 15 is 0 Å². The van der Waals surface area contributed by atoms with E-state index in [-0.39, 0.29) is 12.5 Å². The average molecular weight is 979 g/mol. The van der Waals surface area contributed by atoms with Gasteiger partial charge in [0.2, 0.25) is 5.91 Å². The van der Waals surface area contributed by atoms with Crippen molar-refractivity contribution in [1.29, 1.82) is 0 Å². The van der Waals surface area contributed by atoms with E-state index in [1.54, 1.807) is 0 Å². The zero-order valence-electron chi connectivity index (χ0n) is 45.3. The highest BCUT2D eigenvalue weighted by Gasteiger charge is 2.44. The third kappa shape index (κ3) is 39.8. The lowest BCUT2D eigenvalue weighted by Crippen LogP contribution is -2.60. The Labute approximate surface area is 426 Å². The molecule has 1 amide bonds. The molecule has 9 heteroatoms. The van der Waals surface area contributed by atoms with Gasteiger partial charge >= 0.3 is 0 Å². The summed E-state index contributed by atoms with van der Waals surface area (Å²) in [7, 11) is 0. The van der Waals surface area contributed by atoms with Crippen LogP contribution in [0.15, 0.2) is 24.3 Å². The standard InChI is InChI=1S/C60H115NO8/c1-3-5-7-9-11-13-15-17-19-21-23-24-25-26-27-28-29-30-32-34-36-38-40-42-44-46-48-50-56(64)61-53(52-68-60-59(67)58(66)57(65)55(51-62)69-60)54(63)49-47-45-43-41-39-37-35-33-31-22-20-18-16-14-12-10-8-6-4-2/h15,17,21,23,53-55,57-60,62-63,65-67H,3-14,16,18-20,22,24-52H2,1-2H3,(H,61,64)/b17-15-,23-21-. The van der Waals surface area contributed by atoms with Crippen LogP contribution < -0.4 is 5.32 Å². The molecule has 1 rings (SSSR count). The molecule has 0 aromatic heterocycles. The van der Waals surface area contributed by atoms with E-state index in [0.717, 1.165) is 44.9 Å². The van der Waals surface area contributed by atoms with Gasteiger partial charge in [0.1, 0.15) is 24.4 Å². The van der Waals surface area contributed by atoms with Crippen LogP contribution >= 0.6 is 0 Å². The lowest BCUT2D eigenvalue weighted by Gasteiger charge is -2.40. The van der Waals surface area contributed by atoms with E-state index in [0.29, 0.717) is 12.8 Å². The Morgan fingerprint density at radius 3 is 1.25 bits per heavy atom. The molecule has 1 aliphatic heterocycles. The minimum absolute atomic E-state index is 0.134. The molecule has 0 aromatic carbocycles. The number of nitrogens with one attached hydrogen (secondary N) is 1. The Hall–Kier alpha value is -1.33. The number of carbonyl (C=O) groups excluding carboxylic acids is 1. The molecule has 7 unspecified atom stereocenters. The summed E-state index contributed by atoms with van der Waals surface area (Å²) in [4.78, 5) is 13.1. The molecular formula is C60H115NO8. The Balaban J connectivity index is 2.17. The SMILES string of the molecule is CCCCCCC/C=C\C/C=C\CCCCCCCCCCCCCCCCCC(=O)NC(COC1OC(CO)C(O)C(O)C1O)C(O)CCCCCCCCCCCCCCCCCCCCC. The number of amides is 1. The fourth-order valence-corrected chi connectivity index (χ4v) is 9.78. The smallest absolute Gasteiger partial charge is 0.220 e. The van der Waals surface area contributed by atoms with Crippen molar-refractivity contribution in [2.75, 3.05) is 13.2 Å². The van der Waals surface area contributed by atoms with Gasteiger partial charge in [0.15, 0.2) is 6.29 Å². The minimum atomic E-state index is -1.55. The van der Waals surface area contributed by atoms with E-state index in [4.69, 9.17) is 9.47 Å². The number of aliphatic hydroxyl groups is 5. The molecule has 0 bridgehead atoms. The first kappa shape index (κ1) is 65.7. The quantitative estimate of drug-likeness (QED) is 0.0261. The monoisotopic (exact) mass is 978 g/mol. The Kier molecular flexibility index (Phi) is 47.8. The second-order valence-electron chi connectivity index (χ2n) is 21.1. The van der Waals surface area contributed by atoms with Crippen LogP contribution in [0.4, 0.5) is 0 Å². The summed E-state index contributed by atoms with van der Waals surface area (Å²) < 4.78 is 11.3. The number of aliphatic hydroxyl groups excluding tert-OH is 5. The van der Waals surface area contributed by atoms with Crippen molar-refractivity contribution in [2.24, 2.45) is 0 Å². The number of carbonyl (C=O) groups is 1. The van der Waals surface area contributed by atoms with Gasteiger partial charge in [-0.2, -0.15) is 0 Å². The summed E-state index contributed by atoms with van der Waals surface area (Å²) in [5.41, 5.74) is 0. The summed E-state index contributed by atoms with van der Waals surface area (Å²) in [6.45, 7) is 3.86. The summed E-state index contributed by atoms with van der Waals surface area (Å²) in [5, 5.41) is 54.7. The van der Waals surface area contributed by atoms with Gasteiger partial charge in [-0.25, -0.2) is 0 Å². The lowest BCUT2D eigenvalue weighted by molar-refractivity contribution is -0.302. The molecule has 1 fully saturated rings. The molecule has 69 heavy (non-hydrogen) atoms. The van der Waals surface area contributed by atoms with Crippen molar-refractivity contribution in [3.05, 3.63) is 24.3 Å². The number of hydrogen-bond donors (Lipinski definition) is 6. The van der Waals surface area contributed by atoms with Crippen LogP contribution in [0.25, 0.3) is 0 Å². The molecule has 0 aliphatic carbocycles. The van der Waals surface area contributed by atoms with Gasteiger partial charge in [-0.15, -0.1) is 0 Å². The van der Waals surface area contributed by atoms with Crippen LogP contribution in [-0.4, -0.2) is 87.5 Å². The lowest BCUT2D eigenvalue weighted by atomic mass is 9.99. The second-order valence-corrected chi connectivity index (χ2v) is 21.1. The highest BCUT2D eigenvalue weighted by molar-refractivity contribution is 5.76. The first-order chi connectivity index (χ1) is 33.8. The van der Waals surface area contributed by atoms with Crippen molar-refractivity contribution in [1.82, 2.24) is 5.32 Å². The Morgan fingerprint density at radius 2 is 0.855 bits per heavy atom. The largest absolute Gasteiger partial charge is 0.394 e. The van der Waals surface area contributed by atoms with Crippen LogP contribution in [0.3, 0.4) is 0 Å². The maximum Gasteiger partial charge on any atom is 0.220 e. The summed E-state index contributed by atoms with van der Waals surface area (Å²) in [5.74, 6) is -0.140. The second kappa shape index (κ2) is 50.2. The first-order valence-electron chi connectivity index (χ1n) is 30.0. The zero-order chi connectivity index (χ0) is 50.1. The molecule has 9 nitrogen and oxygen atoms in total. The van der Waals surface area contributed by atoms with Crippen molar-refractivity contribution in [3.63, 3.8) is 0 Å². The summed E-state index contributed by atoms with van der Waals surface area (Å²) in [6, 6.07) is -0.717. The third-order valence-electron chi connectivity index (χ3n) is 14.6. The van der Waals surface area contributed by atoms with Gasteiger partial charge in [0, 0.05) is 6.42 Å². The average Bonchev–Trinajstić information content (AvgIpc) is 3.35. The molecule has 1 aliphatic rings. The molecule has 0 aromatic rings. The molecule has 1 heterocycles. The summed E-state index contributed by atoms with van der Waals surface area (Å²) in [6.07, 6.45) is 56.3. The van der Waals surface area contributed by atoms with Gasteiger partial charge in [0.25, 0.3) is 0 Å². The molecule has 7 atom stereocenters. The van der Waals surface area contributed by atoms with E-state index < -0.39 is 49.5 Å². The van der Waals surface area contributed by atoms with E-state index in [1.807, 2.05) is 0 Å². The molecular weight excluding hydrogens is 863 g/mol. The van der Waals surface area contributed by atoms with E-state index in [2.05, 4.69) is 43.5 Å². The topological polar surface area (TPSA) is 149 Å². The van der Waals surface area contributed by atoms with Crippen LogP contribution in [0.2, 0.25) is 0 Å². The molecule has 1 saturated heterocycles. The predicted octanol–water partition coefficient (Wildman–Crippen LogP) is 15.0. The minimum Gasteiger partial charge on any atom is -0.394 e. The van der Waals surface area contributed by atoms with Gasteiger partial charge in [-0.3, -0.25) is 4.79 Å². The third-order valence-corrected chi connectivity index (χ3v) is 14.6. The fourth-order valence-electron chi connectivity index (χ4n) is 9.78. The number of unbranched alkanes of at least 4 members (excludes halogenated alkanes) is 38. The van der Waals surface area contributed by atoms with Crippen molar-refractivity contribution in [2.45, 2.75) is 339 Å². The Morgan fingerprint density at radius 1 is 0.493 bits per heavy atom. The Bertz CT molecular complexity index is 1130. The molecule has 0 radical (unpaired) electrons. The van der Waals surface area contributed by atoms with E-state index in [9.17, 15) is 30.3 Å².